The lowest BCUT2D eigenvalue weighted by Crippen LogP contribution is -2.52. The fourth-order valence-electron chi connectivity index (χ4n) is 7.26. The second kappa shape index (κ2) is 5.75. The molecule has 4 aliphatic carbocycles. The fourth-order valence-corrected chi connectivity index (χ4v) is 7.26. The van der Waals surface area contributed by atoms with Gasteiger partial charge < -0.3 is 10.2 Å². The quantitative estimate of drug-likeness (QED) is 0.806. The smallest absolute Gasteiger partial charge is 0.184 e. The van der Waals surface area contributed by atoms with Crippen molar-refractivity contribution in [3.63, 3.8) is 0 Å². The molecule has 0 radical (unpaired) electrons. The van der Waals surface area contributed by atoms with Gasteiger partial charge >= 0.3 is 0 Å². The van der Waals surface area contributed by atoms with Crippen molar-refractivity contribution in [2.75, 3.05) is 6.61 Å². The van der Waals surface area contributed by atoms with E-state index in [9.17, 15) is 19.8 Å². The number of aliphatic hydroxyl groups excluding tert-OH is 2. The third-order valence-electron chi connectivity index (χ3n) is 8.54. The average molecular weight is 346 g/mol. The zero-order valence-electron chi connectivity index (χ0n) is 15.3. The van der Waals surface area contributed by atoms with Crippen molar-refractivity contribution < 1.29 is 19.8 Å². The molecule has 25 heavy (non-hydrogen) atoms. The van der Waals surface area contributed by atoms with Crippen LogP contribution in [0.25, 0.3) is 0 Å². The van der Waals surface area contributed by atoms with Gasteiger partial charge in [0.2, 0.25) is 0 Å². The van der Waals surface area contributed by atoms with E-state index < -0.39 is 6.10 Å². The van der Waals surface area contributed by atoms with Crippen LogP contribution in [0, 0.1) is 34.5 Å². The third-order valence-corrected chi connectivity index (χ3v) is 8.54. The molecule has 138 valence electrons. The molecule has 0 bridgehead atoms. The predicted molar refractivity (Wildman–Crippen MR) is 93.7 cm³/mol. The van der Waals surface area contributed by atoms with E-state index in [1.165, 1.54) is 5.57 Å². The molecule has 0 saturated heterocycles. The minimum Gasteiger partial charge on any atom is -0.389 e. The molecule has 0 aromatic rings. The number of allylic oxidation sites excluding steroid dienone is 1. The summed E-state index contributed by atoms with van der Waals surface area (Å²) in [5.41, 5.74) is 1.19. The Hall–Kier alpha value is -1.00. The van der Waals surface area contributed by atoms with E-state index in [1.54, 1.807) is 6.08 Å². The van der Waals surface area contributed by atoms with E-state index in [0.717, 1.165) is 38.5 Å². The number of Topliss-reactive ketones (excluding diaryl/α,β-unsaturated/α-hetero) is 1. The lowest BCUT2D eigenvalue weighted by molar-refractivity contribution is -0.135. The van der Waals surface area contributed by atoms with Crippen LogP contribution in [-0.2, 0) is 9.59 Å². The Kier molecular flexibility index (Phi) is 4.01. The number of ketones is 2. The van der Waals surface area contributed by atoms with Crippen molar-refractivity contribution >= 4 is 11.6 Å². The largest absolute Gasteiger partial charge is 0.389 e. The first-order valence-electron chi connectivity index (χ1n) is 9.88. The lowest BCUT2D eigenvalue weighted by Gasteiger charge is -2.58. The summed E-state index contributed by atoms with van der Waals surface area (Å²) in [6.45, 7) is 4.19. The molecule has 0 heterocycles. The highest BCUT2D eigenvalue weighted by Gasteiger charge is 2.60. The van der Waals surface area contributed by atoms with Gasteiger partial charge in [0, 0.05) is 5.92 Å². The summed E-state index contributed by atoms with van der Waals surface area (Å²) in [4.78, 5) is 24.2. The Morgan fingerprint density at radius 3 is 2.68 bits per heavy atom. The fraction of sp³-hybridized carbons (Fsp3) is 0.810. The maximum Gasteiger partial charge on any atom is 0.184 e. The Morgan fingerprint density at radius 1 is 1.20 bits per heavy atom. The van der Waals surface area contributed by atoms with Crippen LogP contribution in [0.5, 0.6) is 0 Å². The van der Waals surface area contributed by atoms with Crippen LogP contribution in [0.1, 0.15) is 58.8 Å². The van der Waals surface area contributed by atoms with Gasteiger partial charge in [-0.3, -0.25) is 9.59 Å². The molecule has 0 aliphatic heterocycles. The first-order chi connectivity index (χ1) is 11.8. The van der Waals surface area contributed by atoms with E-state index in [2.05, 4.69) is 13.8 Å². The van der Waals surface area contributed by atoms with Crippen LogP contribution in [-0.4, -0.2) is 34.5 Å². The third kappa shape index (κ3) is 2.33. The monoisotopic (exact) mass is 346 g/mol. The SMILES string of the molecule is CC12CC(O)C(=O)C=C1CCC1C2CCC2(C)C(C(=O)CO)CCC12. The van der Waals surface area contributed by atoms with Crippen LogP contribution in [0.2, 0.25) is 0 Å². The van der Waals surface area contributed by atoms with E-state index in [1.807, 2.05) is 0 Å². The number of aliphatic hydroxyl groups is 2. The first-order valence-corrected chi connectivity index (χ1v) is 9.88. The summed E-state index contributed by atoms with van der Waals surface area (Å²) in [7, 11) is 0. The lowest BCUT2D eigenvalue weighted by atomic mass is 9.46. The topological polar surface area (TPSA) is 74.6 Å². The average Bonchev–Trinajstić information content (AvgIpc) is 2.93. The molecule has 0 aromatic carbocycles. The second-order valence-corrected chi connectivity index (χ2v) is 9.42. The van der Waals surface area contributed by atoms with Gasteiger partial charge in [-0.1, -0.05) is 19.4 Å². The highest BCUT2D eigenvalue weighted by molar-refractivity contribution is 5.95. The van der Waals surface area contributed by atoms with E-state index in [0.29, 0.717) is 24.2 Å². The Labute approximate surface area is 149 Å². The highest BCUT2D eigenvalue weighted by atomic mass is 16.3. The summed E-state index contributed by atoms with van der Waals surface area (Å²) in [6.07, 6.45) is 7.52. The molecular weight excluding hydrogens is 316 g/mol. The van der Waals surface area contributed by atoms with Crippen molar-refractivity contribution in [1.29, 1.82) is 0 Å². The Balaban J connectivity index is 1.65. The van der Waals surface area contributed by atoms with E-state index >= 15 is 0 Å². The van der Waals surface area contributed by atoms with Crippen LogP contribution in [0.15, 0.2) is 11.6 Å². The zero-order chi connectivity index (χ0) is 18.0. The van der Waals surface area contributed by atoms with Crippen LogP contribution in [0.4, 0.5) is 0 Å². The molecule has 7 unspecified atom stereocenters. The van der Waals surface area contributed by atoms with Crippen LogP contribution in [0.3, 0.4) is 0 Å². The van der Waals surface area contributed by atoms with Gasteiger partial charge in [0.1, 0.15) is 12.7 Å². The van der Waals surface area contributed by atoms with Crippen molar-refractivity contribution in [3.05, 3.63) is 11.6 Å². The van der Waals surface area contributed by atoms with Crippen LogP contribution < -0.4 is 0 Å². The Morgan fingerprint density at radius 2 is 1.96 bits per heavy atom. The second-order valence-electron chi connectivity index (χ2n) is 9.42. The highest BCUT2D eigenvalue weighted by Crippen LogP contribution is 2.66. The molecule has 4 heteroatoms. The minimum absolute atomic E-state index is 0.00622. The minimum atomic E-state index is -0.854. The molecule has 7 atom stereocenters. The normalized spacial score (nSPS) is 49.0. The van der Waals surface area contributed by atoms with Gasteiger partial charge in [-0.2, -0.15) is 0 Å². The van der Waals surface area contributed by atoms with E-state index in [-0.39, 0.29) is 34.9 Å². The molecule has 0 aromatic heterocycles. The summed E-state index contributed by atoms with van der Waals surface area (Å²) >= 11 is 0. The maximum atomic E-state index is 12.3. The molecule has 4 rings (SSSR count). The van der Waals surface area contributed by atoms with Crippen LogP contribution >= 0.6 is 0 Å². The molecule has 0 amide bonds. The van der Waals surface area contributed by atoms with Crippen molar-refractivity contribution in [1.82, 2.24) is 0 Å². The molecular formula is C21H30O4. The number of hydrogen-bond acceptors (Lipinski definition) is 4. The van der Waals surface area contributed by atoms with Crippen molar-refractivity contribution in [2.45, 2.75) is 64.9 Å². The van der Waals surface area contributed by atoms with Gasteiger partial charge in [-0.25, -0.2) is 0 Å². The molecule has 3 fully saturated rings. The summed E-state index contributed by atoms with van der Waals surface area (Å²) in [6, 6.07) is 0. The summed E-state index contributed by atoms with van der Waals surface area (Å²) in [5, 5.41) is 19.6. The number of carbonyl (C=O) groups is 2. The first kappa shape index (κ1) is 17.4. The van der Waals surface area contributed by atoms with Gasteiger partial charge in [0.25, 0.3) is 0 Å². The van der Waals surface area contributed by atoms with Gasteiger partial charge in [0.15, 0.2) is 11.6 Å². The number of hydrogen-bond donors (Lipinski definition) is 2. The Bertz CT molecular complexity index is 638. The van der Waals surface area contributed by atoms with Gasteiger partial charge in [-0.15, -0.1) is 0 Å². The summed E-state index contributed by atoms with van der Waals surface area (Å²) < 4.78 is 0. The zero-order valence-corrected chi connectivity index (χ0v) is 15.3. The van der Waals surface area contributed by atoms with Crippen molar-refractivity contribution in [3.8, 4) is 0 Å². The molecule has 2 N–H and O–H groups in total. The van der Waals surface area contributed by atoms with E-state index in [4.69, 9.17) is 0 Å². The molecule has 3 saturated carbocycles. The number of carbonyl (C=O) groups excluding carboxylic acids is 2. The molecule has 0 spiro atoms. The van der Waals surface area contributed by atoms with Crippen molar-refractivity contribution in [2.24, 2.45) is 34.5 Å². The van der Waals surface area contributed by atoms with Gasteiger partial charge in [-0.05, 0) is 79.6 Å². The maximum absolute atomic E-state index is 12.3. The number of rotatable bonds is 2. The summed E-state index contributed by atoms with van der Waals surface area (Å²) in [5.74, 6) is 1.49. The standard InChI is InChI=1S/C21H30O4/c1-20-8-7-15-13(14(20)5-6-16(20)19(25)11-22)4-3-12-9-17(23)18(24)10-21(12,15)2/h9,13-16,18,22,24H,3-8,10-11H2,1-2H3. The predicted octanol–water partition coefficient (Wildman–Crippen LogP) is 2.67. The molecule has 4 aliphatic rings. The molecule has 4 nitrogen and oxygen atoms in total. The van der Waals surface area contributed by atoms with Gasteiger partial charge in [0.05, 0.1) is 0 Å². The number of fused-ring (bicyclic) bond motifs is 5.